The van der Waals surface area contributed by atoms with Crippen molar-refractivity contribution < 1.29 is 86.5 Å². The molecule has 4 aromatic rings. The van der Waals surface area contributed by atoms with Gasteiger partial charge in [-0.15, -0.1) is 0 Å². The zero-order valence-electron chi connectivity index (χ0n) is 45.7. The third-order valence-electron chi connectivity index (χ3n) is 21.9. The normalized spacial score (nSPS) is 41.8. The standard InChI is InChI=1S/C63H59NO18/c1-24-42-37(61(6)62(7,58(75)82-63(61)54(24)80-63)81-57(74)28-17-19-34-36(21-28)49(71)32-15-11-9-13-30(32)47(34)69)22-39(67)43-41-44(52(76-25(2)65)55(60(42,43)5)77-26(3)66)59(4)38(23-40-50(78-40)53(59)72)45(64)51(41)79-56(73)27-16-18-33-35(20-27)48(70)31-14-10-8-12-29(31)46(33)68/h8-21,24,37-45,50-55,67,72H,22-23,64H2,1-7H3/t24-,37?,38+,39-,40-,41?,42-,43-,44?,45-,50-,51+,52-,53-,54+,55-,59-,60+,61-,62+,63-/m0/s1. The first-order valence-corrected chi connectivity index (χ1v) is 28.0. The average Bonchev–Trinajstić information content (AvgIpc) is 1.96. The van der Waals surface area contributed by atoms with Crippen LogP contribution in [0.1, 0.15) is 146 Å². The maximum absolute atomic E-state index is 15.1. The van der Waals surface area contributed by atoms with E-state index in [1.165, 1.54) is 69.3 Å². The molecule has 1 spiro atoms. The lowest BCUT2D eigenvalue weighted by Crippen LogP contribution is -2.80. The van der Waals surface area contributed by atoms with Crippen LogP contribution in [-0.2, 0) is 47.5 Å². The number of hydrogen-bond donors (Lipinski definition) is 3. The van der Waals surface area contributed by atoms with Gasteiger partial charge in [-0.1, -0.05) is 69.3 Å². The Balaban J connectivity index is 0.888. The summed E-state index contributed by atoms with van der Waals surface area (Å²) in [6.07, 6.45) is -8.72. The minimum Gasteiger partial charge on any atom is -0.458 e. The quantitative estimate of drug-likeness (QED) is 0.113. The summed E-state index contributed by atoms with van der Waals surface area (Å²) in [4.78, 5) is 127. The Morgan fingerprint density at radius 3 is 1.68 bits per heavy atom. The van der Waals surface area contributed by atoms with Gasteiger partial charge >= 0.3 is 29.8 Å². The van der Waals surface area contributed by atoms with Gasteiger partial charge in [0.05, 0.1) is 34.9 Å². The van der Waals surface area contributed by atoms with E-state index in [4.69, 9.17) is 38.9 Å². The molecule has 4 aromatic carbocycles. The molecule has 19 heteroatoms. The lowest BCUT2D eigenvalue weighted by Gasteiger charge is -2.72. The topological polar surface area (TPSA) is 291 Å². The van der Waals surface area contributed by atoms with Gasteiger partial charge in [-0.3, -0.25) is 28.8 Å². The lowest BCUT2D eigenvalue weighted by atomic mass is 9.34. The van der Waals surface area contributed by atoms with Gasteiger partial charge in [0.25, 0.3) is 5.79 Å². The van der Waals surface area contributed by atoms with E-state index in [0.717, 1.165) is 0 Å². The third kappa shape index (κ3) is 6.51. The van der Waals surface area contributed by atoms with E-state index < -0.39 is 177 Å². The van der Waals surface area contributed by atoms with Gasteiger partial charge in [0.1, 0.15) is 30.5 Å². The maximum Gasteiger partial charge on any atom is 0.353 e. The fraction of sp³-hybridized carbons (Fsp3) is 0.476. The first-order valence-electron chi connectivity index (χ1n) is 28.0. The summed E-state index contributed by atoms with van der Waals surface area (Å²) >= 11 is 0. The van der Waals surface area contributed by atoms with Crippen molar-refractivity contribution in [2.24, 2.45) is 63.4 Å². The van der Waals surface area contributed by atoms with Gasteiger partial charge in [-0.2, -0.15) is 0 Å². The number of aliphatic hydroxyl groups excluding tert-OH is 2. The number of esters is 5. The van der Waals surface area contributed by atoms with Crippen LogP contribution in [0.25, 0.3) is 0 Å². The number of epoxide rings is 2. The first-order chi connectivity index (χ1) is 38.8. The van der Waals surface area contributed by atoms with E-state index in [2.05, 4.69) is 0 Å². The summed E-state index contributed by atoms with van der Waals surface area (Å²) < 4.78 is 45.1. The molecule has 14 rings (SSSR count). The molecule has 3 unspecified atom stereocenters. The van der Waals surface area contributed by atoms with Crippen molar-refractivity contribution in [2.45, 2.75) is 128 Å². The molecule has 0 bridgehead atoms. The fourth-order valence-electron chi connectivity index (χ4n) is 18.3. The van der Waals surface area contributed by atoms with Gasteiger partial charge in [0, 0.05) is 93.0 Å². The van der Waals surface area contributed by atoms with E-state index in [9.17, 15) is 48.6 Å². The molecular weight excluding hydrogens is 1060 g/mol. The Morgan fingerprint density at radius 1 is 0.610 bits per heavy atom. The zero-order chi connectivity index (χ0) is 58.0. The van der Waals surface area contributed by atoms with E-state index >= 15 is 4.79 Å². The van der Waals surface area contributed by atoms with Crippen molar-refractivity contribution in [1.82, 2.24) is 0 Å². The zero-order valence-corrected chi connectivity index (χ0v) is 45.7. The molecule has 0 amide bonds. The summed E-state index contributed by atoms with van der Waals surface area (Å²) in [5, 5.41) is 26.1. The second-order valence-electron chi connectivity index (χ2n) is 25.3. The maximum atomic E-state index is 15.1. The molecular formula is C63H59NO18. The Bertz CT molecular complexity index is 3650. The molecule has 5 saturated carbocycles. The fourth-order valence-corrected chi connectivity index (χ4v) is 18.3. The van der Waals surface area contributed by atoms with Crippen LogP contribution < -0.4 is 5.73 Å². The minimum absolute atomic E-state index is 0.00682. The van der Waals surface area contributed by atoms with Crippen molar-refractivity contribution in [3.8, 4) is 0 Å². The Hall–Kier alpha value is -7.29. The lowest BCUT2D eigenvalue weighted by molar-refractivity contribution is -0.323. The molecule has 10 aliphatic rings. The molecule has 3 aliphatic heterocycles. The summed E-state index contributed by atoms with van der Waals surface area (Å²) in [5.41, 5.74) is 1.45. The number of rotatable bonds is 6. The van der Waals surface area contributed by atoms with Crippen molar-refractivity contribution >= 4 is 53.0 Å². The number of ketones is 4. The second-order valence-corrected chi connectivity index (χ2v) is 25.3. The van der Waals surface area contributed by atoms with Crippen LogP contribution in [0.15, 0.2) is 84.9 Å². The van der Waals surface area contributed by atoms with Gasteiger partial charge in [0.15, 0.2) is 23.1 Å². The van der Waals surface area contributed by atoms with E-state index in [1.807, 2.05) is 13.8 Å². The largest absolute Gasteiger partial charge is 0.458 e. The molecule has 3 heterocycles. The summed E-state index contributed by atoms with van der Waals surface area (Å²) in [5.74, 6) is -14.3. The number of benzene rings is 4. The van der Waals surface area contributed by atoms with Crippen LogP contribution in [-0.4, -0.2) is 129 Å². The molecule has 3 saturated heterocycles. The number of aliphatic hydroxyl groups is 2. The van der Waals surface area contributed by atoms with Crippen molar-refractivity contribution in [3.05, 3.63) is 141 Å². The Kier molecular flexibility index (Phi) is 11.0. The SMILES string of the molecule is CC(=O)O[C@H]1C2C([C@@H](OC(=O)c3ccc4c(c3)C(=O)c3ccccc3C4=O)[C@@H](N)[C@H]3C[C@@H]4O[C@@H]4[C@H](O)[C@]23C)[C@@H]2[C@@H](O)CC3[C@H]([C@H](C)[C@H]4O[C@]45OC(=O)[C@@](C)(OC(=O)c4ccc6c(c4)C(=O)c4ccccc4C6=O)[C@]35C)[C@@]2(C)[C@H]1OC(C)=O. The van der Waals surface area contributed by atoms with Crippen LogP contribution in [0.5, 0.6) is 0 Å². The number of nitrogens with two attached hydrogens (primary N) is 1. The molecule has 0 radical (unpaired) electrons. The summed E-state index contributed by atoms with van der Waals surface area (Å²) in [6.45, 7) is 11.0. The molecule has 82 heavy (non-hydrogen) atoms. The summed E-state index contributed by atoms with van der Waals surface area (Å²) in [6, 6.07) is 19.7. The molecule has 4 N–H and O–H groups in total. The number of fused-ring (bicyclic) bond motifs is 13. The summed E-state index contributed by atoms with van der Waals surface area (Å²) in [7, 11) is 0. The van der Waals surface area contributed by atoms with Crippen LogP contribution >= 0.6 is 0 Å². The number of hydrogen-bond acceptors (Lipinski definition) is 19. The highest BCUT2D eigenvalue weighted by atomic mass is 16.8. The average molecular weight is 1120 g/mol. The van der Waals surface area contributed by atoms with E-state index in [0.29, 0.717) is 6.42 Å². The smallest absolute Gasteiger partial charge is 0.353 e. The van der Waals surface area contributed by atoms with E-state index in [1.54, 1.807) is 50.2 Å². The van der Waals surface area contributed by atoms with Crippen molar-refractivity contribution in [3.63, 3.8) is 0 Å². The molecule has 8 fully saturated rings. The van der Waals surface area contributed by atoms with E-state index in [-0.39, 0.29) is 62.1 Å². The van der Waals surface area contributed by atoms with Crippen LogP contribution in [0.2, 0.25) is 0 Å². The number of ether oxygens (including phenoxy) is 7. The highest BCUT2D eigenvalue weighted by Crippen LogP contribution is 2.79. The van der Waals surface area contributed by atoms with Crippen molar-refractivity contribution in [2.75, 3.05) is 0 Å². The van der Waals surface area contributed by atoms with Crippen molar-refractivity contribution in [1.29, 1.82) is 0 Å². The molecule has 19 nitrogen and oxygen atoms in total. The Morgan fingerprint density at radius 2 is 1.13 bits per heavy atom. The van der Waals surface area contributed by atoms with Crippen LogP contribution in [0.3, 0.4) is 0 Å². The highest BCUT2D eigenvalue weighted by Gasteiger charge is 2.92. The number of carbonyl (C=O) groups is 9. The molecule has 424 valence electrons. The third-order valence-corrected chi connectivity index (χ3v) is 21.9. The van der Waals surface area contributed by atoms with Gasteiger partial charge in [-0.25, -0.2) is 14.4 Å². The minimum atomic E-state index is -2.20. The number of carbonyl (C=O) groups excluding carboxylic acids is 9. The molecule has 0 aromatic heterocycles. The monoisotopic (exact) mass is 1120 g/mol. The van der Waals surface area contributed by atoms with Crippen LogP contribution in [0.4, 0.5) is 0 Å². The molecule has 7 aliphatic carbocycles. The van der Waals surface area contributed by atoms with Gasteiger partial charge < -0.3 is 49.1 Å². The predicted octanol–water partition coefficient (Wildman–Crippen LogP) is 4.91. The predicted molar refractivity (Wildman–Crippen MR) is 280 cm³/mol. The Labute approximate surface area is 469 Å². The second kappa shape index (κ2) is 17.2. The molecule has 21 atom stereocenters. The van der Waals surface area contributed by atoms with Gasteiger partial charge in [-0.05, 0) is 86.8 Å². The van der Waals surface area contributed by atoms with Gasteiger partial charge in [0.2, 0.25) is 5.60 Å². The van der Waals surface area contributed by atoms with Crippen LogP contribution in [0, 0.1) is 57.7 Å². The highest BCUT2D eigenvalue weighted by molar-refractivity contribution is 6.29. The first kappa shape index (κ1) is 52.8.